The van der Waals surface area contributed by atoms with Crippen LogP contribution in [0.4, 0.5) is 5.69 Å². The third-order valence-electron chi connectivity index (χ3n) is 4.81. The van der Waals surface area contributed by atoms with Crippen molar-refractivity contribution in [3.8, 4) is 22.8 Å². The molecule has 1 amide bonds. The zero-order chi connectivity index (χ0) is 20.7. The van der Waals surface area contributed by atoms with Crippen LogP contribution in [-0.2, 0) is 0 Å². The summed E-state index contributed by atoms with van der Waals surface area (Å²) in [6.45, 7) is 0.175. The van der Waals surface area contributed by atoms with Crippen molar-refractivity contribution in [2.45, 2.75) is 0 Å². The third-order valence-corrected chi connectivity index (χ3v) is 5.55. The lowest BCUT2D eigenvalue weighted by Crippen LogP contribution is -2.13. The second-order valence-corrected chi connectivity index (χ2v) is 7.54. The number of halogens is 2. The number of rotatable bonds is 3. The highest BCUT2D eigenvalue weighted by atomic mass is 35.5. The van der Waals surface area contributed by atoms with E-state index < -0.39 is 0 Å². The molecule has 30 heavy (non-hydrogen) atoms. The van der Waals surface area contributed by atoms with E-state index in [9.17, 15) is 4.79 Å². The van der Waals surface area contributed by atoms with Gasteiger partial charge in [-0.3, -0.25) is 4.79 Å². The molecule has 5 nitrogen and oxygen atoms in total. The molecule has 0 saturated carbocycles. The highest BCUT2D eigenvalue weighted by molar-refractivity contribution is 6.42. The predicted molar refractivity (Wildman–Crippen MR) is 118 cm³/mol. The monoisotopic (exact) mass is 436 g/mol. The quantitative estimate of drug-likeness (QED) is 0.415. The van der Waals surface area contributed by atoms with E-state index in [0.717, 1.165) is 10.9 Å². The van der Waals surface area contributed by atoms with Gasteiger partial charge in [-0.05, 0) is 36.4 Å². The fourth-order valence-electron chi connectivity index (χ4n) is 3.34. The van der Waals surface area contributed by atoms with Crippen molar-refractivity contribution in [1.82, 2.24) is 4.98 Å². The largest absolute Gasteiger partial charge is 0.454 e. The van der Waals surface area contributed by atoms with E-state index in [2.05, 4.69) is 5.32 Å². The smallest absolute Gasteiger partial charge is 0.256 e. The first kappa shape index (κ1) is 18.7. The van der Waals surface area contributed by atoms with Crippen LogP contribution < -0.4 is 14.8 Å². The molecule has 1 aliphatic heterocycles. The van der Waals surface area contributed by atoms with E-state index in [1.807, 2.05) is 30.3 Å². The molecule has 3 aromatic carbocycles. The van der Waals surface area contributed by atoms with Crippen LogP contribution in [0.3, 0.4) is 0 Å². The van der Waals surface area contributed by atoms with Crippen LogP contribution in [0.5, 0.6) is 11.5 Å². The molecule has 0 unspecified atom stereocenters. The molecule has 0 fully saturated rings. The van der Waals surface area contributed by atoms with Gasteiger partial charge in [0, 0.05) is 22.7 Å². The molecule has 2 heterocycles. The summed E-state index contributed by atoms with van der Waals surface area (Å²) in [7, 11) is 0. The first-order valence-electron chi connectivity index (χ1n) is 9.15. The molecular weight excluding hydrogens is 423 g/mol. The predicted octanol–water partition coefficient (Wildman–Crippen LogP) is 6.19. The number of carbonyl (C=O) groups excluding carboxylic acids is 1. The van der Waals surface area contributed by atoms with E-state index in [-0.39, 0.29) is 12.7 Å². The number of aromatic nitrogens is 1. The Hall–Kier alpha value is -3.28. The summed E-state index contributed by atoms with van der Waals surface area (Å²) < 4.78 is 10.7. The lowest BCUT2D eigenvalue weighted by atomic mass is 10.0. The maximum absolute atomic E-state index is 13.2. The molecule has 0 atom stereocenters. The Morgan fingerprint density at radius 2 is 1.73 bits per heavy atom. The minimum Gasteiger partial charge on any atom is -0.454 e. The van der Waals surface area contributed by atoms with E-state index in [4.69, 9.17) is 37.7 Å². The summed E-state index contributed by atoms with van der Waals surface area (Å²) in [5.41, 5.74) is 3.22. The minimum atomic E-state index is -0.256. The molecule has 0 saturated heterocycles. The number of carbonyl (C=O) groups is 1. The Bertz CT molecular complexity index is 1310. The summed E-state index contributed by atoms with van der Waals surface area (Å²) in [6, 6.07) is 19.8. The average Bonchev–Trinajstić information content (AvgIpc) is 3.22. The zero-order valence-corrected chi connectivity index (χ0v) is 17.0. The van der Waals surface area contributed by atoms with Crippen LogP contribution in [0.15, 0.2) is 66.7 Å². The van der Waals surface area contributed by atoms with E-state index in [1.165, 1.54) is 0 Å². The lowest BCUT2D eigenvalue weighted by Gasteiger charge is -2.11. The van der Waals surface area contributed by atoms with Crippen LogP contribution in [0.2, 0.25) is 10.0 Å². The van der Waals surface area contributed by atoms with Gasteiger partial charge in [0.1, 0.15) is 0 Å². The molecule has 0 radical (unpaired) electrons. The topological polar surface area (TPSA) is 60.5 Å². The van der Waals surface area contributed by atoms with Crippen LogP contribution in [-0.4, -0.2) is 17.7 Å². The summed E-state index contributed by atoms with van der Waals surface area (Å²) in [4.78, 5) is 17.9. The number of ether oxygens (including phenoxy) is 2. The van der Waals surface area contributed by atoms with Gasteiger partial charge in [-0.1, -0.05) is 47.5 Å². The molecular formula is C23H14Cl2N2O3. The zero-order valence-electron chi connectivity index (χ0n) is 15.5. The molecule has 5 rings (SSSR count). The van der Waals surface area contributed by atoms with Crippen LogP contribution in [0.1, 0.15) is 10.4 Å². The Labute approximate surface area is 182 Å². The summed E-state index contributed by atoms with van der Waals surface area (Å²) >= 11 is 12.2. The molecule has 1 N–H and O–H groups in total. The van der Waals surface area contributed by atoms with E-state index in [0.29, 0.717) is 44.0 Å². The first-order chi connectivity index (χ1) is 14.6. The van der Waals surface area contributed by atoms with Gasteiger partial charge in [-0.15, -0.1) is 0 Å². The summed E-state index contributed by atoms with van der Waals surface area (Å²) in [6.07, 6.45) is 0. The number of nitrogens with zero attached hydrogens (tertiary/aromatic N) is 1. The van der Waals surface area contributed by atoms with Gasteiger partial charge in [0.05, 0.1) is 26.8 Å². The number of amides is 1. The van der Waals surface area contributed by atoms with Gasteiger partial charge < -0.3 is 14.8 Å². The highest BCUT2D eigenvalue weighted by Crippen LogP contribution is 2.35. The van der Waals surface area contributed by atoms with E-state index in [1.54, 1.807) is 36.4 Å². The van der Waals surface area contributed by atoms with Crippen molar-refractivity contribution < 1.29 is 14.3 Å². The molecule has 4 aromatic rings. The number of anilines is 1. The Balaban J connectivity index is 1.57. The molecule has 1 aromatic heterocycles. The number of pyridine rings is 1. The van der Waals surface area contributed by atoms with Gasteiger partial charge in [-0.2, -0.15) is 0 Å². The van der Waals surface area contributed by atoms with Crippen molar-refractivity contribution in [3.63, 3.8) is 0 Å². The SMILES string of the molecule is O=C(Nc1ccc2c(c1)OCO2)c1cc(-c2ccc(Cl)c(Cl)c2)nc2ccccc12. The Kier molecular flexibility index (Phi) is 4.69. The van der Waals surface area contributed by atoms with Gasteiger partial charge >= 0.3 is 0 Å². The van der Waals surface area contributed by atoms with Crippen molar-refractivity contribution in [1.29, 1.82) is 0 Å². The number of nitrogens with one attached hydrogen (secondary N) is 1. The lowest BCUT2D eigenvalue weighted by molar-refractivity contribution is 0.102. The fraction of sp³-hybridized carbons (Fsp3) is 0.0435. The van der Waals surface area contributed by atoms with Crippen LogP contribution in [0, 0.1) is 0 Å². The average molecular weight is 437 g/mol. The maximum Gasteiger partial charge on any atom is 0.256 e. The Morgan fingerprint density at radius 1 is 0.900 bits per heavy atom. The molecule has 0 spiro atoms. The van der Waals surface area contributed by atoms with Crippen LogP contribution >= 0.6 is 23.2 Å². The van der Waals surface area contributed by atoms with Gasteiger partial charge in [0.25, 0.3) is 5.91 Å². The number of hydrogen-bond acceptors (Lipinski definition) is 4. The normalized spacial score (nSPS) is 12.2. The molecule has 1 aliphatic rings. The third kappa shape index (κ3) is 3.43. The highest BCUT2D eigenvalue weighted by Gasteiger charge is 2.17. The standard InChI is InChI=1S/C23H14Cl2N2O3/c24-17-7-5-13(9-18(17)25)20-11-16(15-3-1-2-4-19(15)27-20)23(28)26-14-6-8-21-22(10-14)30-12-29-21/h1-11H,12H2,(H,26,28). The minimum absolute atomic E-state index is 0.175. The van der Waals surface area contributed by atoms with Crippen LogP contribution in [0.25, 0.3) is 22.2 Å². The van der Waals surface area contributed by atoms with Crippen molar-refractivity contribution in [2.75, 3.05) is 12.1 Å². The van der Waals surface area contributed by atoms with Crippen molar-refractivity contribution >= 4 is 45.7 Å². The van der Waals surface area contributed by atoms with Crippen molar-refractivity contribution in [2.24, 2.45) is 0 Å². The number of fused-ring (bicyclic) bond motifs is 2. The fourth-order valence-corrected chi connectivity index (χ4v) is 3.64. The molecule has 0 bridgehead atoms. The number of benzene rings is 3. The van der Waals surface area contributed by atoms with Gasteiger partial charge in [0.2, 0.25) is 6.79 Å². The van der Waals surface area contributed by atoms with E-state index >= 15 is 0 Å². The first-order valence-corrected chi connectivity index (χ1v) is 9.90. The Morgan fingerprint density at radius 3 is 2.60 bits per heavy atom. The maximum atomic E-state index is 13.2. The second kappa shape index (κ2) is 7.52. The van der Waals surface area contributed by atoms with Gasteiger partial charge in [0.15, 0.2) is 11.5 Å². The van der Waals surface area contributed by atoms with Crippen molar-refractivity contribution in [3.05, 3.63) is 82.3 Å². The number of hydrogen-bond donors (Lipinski definition) is 1. The number of para-hydroxylation sites is 1. The molecule has 7 heteroatoms. The summed E-state index contributed by atoms with van der Waals surface area (Å²) in [5.74, 6) is 1.00. The molecule has 148 valence electrons. The molecule has 0 aliphatic carbocycles. The second-order valence-electron chi connectivity index (χ2n) is 6.72. The van der Waals surface area contributed by atoms with Gasteiger partial charge in [-0.25, -0.2) is 4.98 Å². The summed E-state index contributed by atoms with van der Waals surface area (Å²) in [5, 5.41) is 4.57.